The van der Waals surface area contributed by atoms with Gasteiger partial charge in [-0.2, -0.15) is 8.42 Å². The second-order valence-electron chi connectivity index (χ2n) is 4.99. The van der Waals surface area contributed by atoms with Gasteiger partial charge in [0.2, 0.25) is 5.91 Å². The van der Waals surface area contributed by atoms with Crippen molar-refractivity contribution in [3.8, 4) is 0 Å². The van der Waals surface area contributed by atoms with Gasteiger partial charge < -0.3 is 5.32 Å². The maximum absolute atomic E-state index is 11.4. The minimum atomic E-state index is -4.18. The molecule has 0 radical (unpaired) electrons. The third kappa shape index (κ3) is 4.47. The fraction of sp³-hybridized carbons (Fsp3) is 0.727. The van der Waals surface area contributed by atoms with E-state index in [4.69, 9.17) is 4.55 Å². The molecule has 0 fully saturated rings. The van der Waals surface area contributed by atoms with E-state index in [1.807, 2.05) is 20.8 Å². The number of hydrogen-bond donors (Lipinski definition) is 2. The van der Waals surface area contributed by atoms with Crippen LogP contribution >= 0.6 is 0 Å². The third-order valence-corrected chi connectivity index (χ3v) is 4.38. The van der Waals surface area contributed by atoms with Crippen LogP contribution in [-0.2, 0) is 14.9 Å². The molecule has 0 spiro atoms. The van der Waals surface area contributed by atoms with E-state index < -0.39 is 32.7 Å². The van der Waals surface area contributed by atoms with Crippen molar-refractivity contribution in [3.05, 3.63) is 12.7 Å². The van der Waals surface area contributed by atoms with Crippen molar-refractivity contribution in [2.45, 2.75) is 39.7 Å². The van der Waals surface area contributed by atoms with Gasteiger partial charge in [-0.05, 0) is 24.8 Å². The summed E-state index contributed by atoms with van der Waals surface area (Å²) in [4.78, 5) is 11.4. The van der Waals surface area contributed by atoms with E-state index in [0.717, 1.165) is 6.08 Å². The molecule has 2 N–H and O–H groups in total. The van der Waals surface area contributed by atoms with Crippen molar-refractivity contribution < 1.29 is 17.8 Å². The first-order valence-electron chi connectivity index (χ1n) is 5.37. The van der Waals surface area contributed by atoms with Crippen molar-refractivity contribution in [2.24, 2.45) is 5.41 Å². The Morgan fingerprint density at radius 1 is 1.41 bits per heavy atom. The lowest BCUT2D eigenvalue weighted by Gasteiger charge is -2.43. The van der Waals surface area contributed by atoms with Crippen LogP contribution in [0.3, 0.4) is 0 Å². The first-order valence-corrected chi connectivity index (χ1v) is 6.98. The summed E-state index contributed by atoms with van der Waals surface area (Å²) in [5.41, 5.74) is -1.54. The predicted molar refractivity (Wildman–Crippen MR) is 67.2 cm³/mol. The zero-order chi connectivity index (χ0) is 13.9. The average molecular weight is 263 g/mol. The molecule has 0 aliphatic rings. The summed E-state index contributed by atoms with van der Waals surface area (Å²) in [5, 5.41) is 2.59. The Labute approximate surface area is 103 Å². The van der Waals surface area contributed by atoms with Crippen LogP contribution in [0.5, 0.6) is 0 Å². The number of carbonyl (C=O) groups is 1. The zero-order valence-corrected chi connectivity index (χ0v) is 11.6. The molecule has 0 bridgehead atoms. The second-order valence-corrected chi connectivity index (χ2v) is 6.44. The lowest BCUT2D eigenvalue weighted by Crippen LogP contribution is -2.59. The van der Waals surface area contributed by atoms with E-state index in [9.17, 15) is 13.2 Å². The van der Waals surface area contributed by atoms with Gasteiger partial charge in [0.1, 0.15) is 0 Å². The second kappa shape index (κ2) is 5.18. The molecule has 0 aromatic rings. The predicted octanol–water partition coefficient (Wildman–Crippen LogP) is 1.37. The molecule has 1 atom stereocenters. The number of carbonyl (C=O) groups excluding carboxylic acids is 1. The summed E-state index contributed by atoms with van der Waals surface area (Å²) in [6.07, 6.45) is 1.73. The van der Waals surface area contributed by atoms with E-state index in [1.165, 1.54) is 0 Å². The van der Waals surface area contributed by atoms with Crippen LogP contribution in [0, 0.1) is 5.41 Å². The van der Waals surface area contributed by atoms with Gasteiger partial charge in [0.15, 0.2) is 0 Å². The summed E-state index contributed by atoms with van der Waals surface area (Å²) in [6.45, 7) is 10.5. The SMILES string of the molecule is C=CC(=O)NC(C)(CS(=O)(=O)O)C(C)(C)CC. The molecule has 0 saturated heterocycles. The smallest absolute Gasteiger partial charge is 0.267 e. The Hall–Kier alpha value is -0.880. The van der Waals surface area contributed by atoms with E-state index >= 15 is 0 Å². The van der Waals surface area contributed by atoms with Crippen LogP contribution in [0.2, 0.25) is 0 Å². The summed E-state index contributed by atoms with van der Waals surface area (Å²) in [5.74, 6) is -0.988. The fourth-order valence-electron chi connectivity index (χ4n) is 1.48. The molecule has 1 unspecified atom stereocenters. The molecule has 0 aromatic carbocycles. The maximum atomic E-state index is 11.4. The number of rotatable bonds is 6. The topological polar surface area (TPSA) is 83.5 Å². The van der Waals surface area contributed by atoms with Gasteiger partial charge in [-0.25, -0.2) is 0 Å². The third-order valence-electron chi connectivity index (χ3n) is 3.43. The number of nitrogens with one attached hydrogen (secondary N) is 1. The van der Waals surface area contributed by atoms with E-state index in [-0.39, 0.29) is 0 Å². The zero-order valence-electron chi connectivity index (χ0n) is 10.8. The summed E-state index contributed by atoms with van der Waals surface area (Å²) >= 11 is 0. The molecule has 0 saturated carbocycles. The van der Waals surface area contributed by atoms with Gasteiger partial charge in [-0.15, -0.1) is 0 Å². The minimum absolute atomic E-state index is 0.460. The Bertz CT molecular complexity index is 400. The van der Waals surface area contributed by atoms with Gasteiger partial charge in [-0.1, -0.05) is 27.4 Å². The molecule has 0 rings (SSSR count). The van der Waals surface area contributed by atoms with Gasteiger partial charge in [-0.3, -0.25) is 9.35 Å². The van der Waals surface area contributed by atoms with Crippen LogP contribution < -0.4 is 5.32 Å². The molecule has 0 aromatic heterocycles. The van der Waals surface area contributed by atoms with Crippen molar-refractivity contribution in [1.29, 1.82) is 0 Å². The molecule has 17 heavy (non-hydrogen) atoms. The normalized spacial score (nSPS) is 16.1. The number of amides is 1. The molecular weight excluding hydrogens is 242 g/mol. The van der Waals surface area contributed by atoms with Crippen molar-refractivity contribution in [1.82, 2.24) is 5.32 Å². The van der Waals surface area contributed by atoms with Gasteiger partial charge in [0.05, 0.1) is 11.3 Å². The number of hydrogen-bond acceptors (Lipinski definition) is 3. The van der Waals surface area contributed by atoms with Gasteiger partial charge in [0, 0.05) is 0 Å². The molecule has 5 nitrogen and oxygen atoms in total. The monoisotopic (exact) mass is 263 g/mol. The van der Waals surface area contributed by atoms with E-state index in [2.05, 4.69) is 11.9 Å². The molecule has 100 valence electrons. The first kappa shape index (κ1) is 16.1. The fourth-order valence-corrected chi connectivity index (χ4v) is 2.67. The molecule has 6 heteroatoms. The molecule has 1 amide bonds. The highest BCUT2D eigenvalue weighted by atomic mass is 32.2. The van der Waals surface area contributed by atoms with E-state index in [1.54, 1.807) is 6.92 Å². The molecule has 0 aliphatic carbocycles. The Balaban J connectivity index is 5.36. The summed E-state index contributed by atoms with van der Waals surface area (Å²) in [6, 6.07) is 0. The van der Waals surface area contributed by atoms with Crippen molar-refractivity contribution in [2.75, 3.05) is 5.75 Å². The van der Waals surface area contributed by atoms with E-state index in [0.29, 0.717) is 6.42 Å². The van der Waals surface area contributed by atoms with Crippen LogP contribution in [-0.4, -0.2) is 30.2 Å². The molecule has 0 aliphatic heterocycles. The summed E-state index contributed by atoms with van der Waals surface area (Å²) in [7, 11) is -4.18. The Morgan fingerprint density at radius 3 is 2.18 bits per heavy atom. The first-order chi connectivity index (χ1) is 7.47. The van der Waals surface area contributed by atoms with Crippen LogP contribution in [0.1, 0.15) is 34.1 Å². The van der Waals surface area contributed by atoms with Gasteiger partial charge >= 0.3 is 0 Å². The van der Waals surface area contributed by atoms with Gasteiger partial charge in [0.25, 0.3) is 10.1 Å². The van der Waals surface area contributed by atoms with Crippen molar-refractivity contribution >= 4 is 16.0 Å². The highest BCUT2D eigenvalue weighted by molar-refractivity contribution is 7.85. The standard InChI is InChI=1S/C11H21NO4S/c1-6-9(13)12-11(5,8-17(14,15)16)10(3,4)7-2/h6H,1,7-8H2,2-5H3,(H,12,13)(H,14,15,16). The van der Waals surface area contributed by atoms with Crippen LogP contribution in [0.25, 0.3) is 0 Å². The Morgan fingerprint density at radius 2 is 1.88 bits per heavy atom. The molecule has 0 heterocycles. The minimum Gasteiger partial charge on any atom is -0.346 e. The van der Waals surface area contributed by atoms with Crippen LogP contribution in [0.15, 0.2) is 12.7 Å². The van der Waals surface area contributed by atoms with Crippen molar-refractivity contribution in [3.63, 3.8) is 0 Å². The Kier molecular flexibility index (Phi) is 4.91. The quantitative estimate of drug-likeness (QED) is 0.560. The maximum Gasteiger partial charge on any atom is 0.267 e. The highest BCUT2D eigenvalue weighted by Gasteiger charge is 2.43. The van der Waals surface area contributed by atoms with Crippen LogP contribution in [0.4, 0.5) is 0 Å². The average Bonchev–Trinajstić information content (AvgIpc) is 2.14. The highest BCUT2D eigenvalue weighted by Crippen LogP contribution is 2.35. The molecular formula is C11H21NO4S. The lowest BCUT2D eigenvalue weighted by atomic mass is 9.72. The lowest BCUT2D eigenvalue weighted by molar-refractivity contribution is -0.119. The summed E-state index contributed by atoms with van der Waals surface area (Å²) < 4.78 is 31.1. The largest absolute Gasteiger partial charge is 0.346 e.